The summed E-state index contributed by atoms with van der Waals surface area (Å²) in [6, 6.07) is 23.5. The van der Waals surface area contributed by atoms with E-state index in [9.17, 15) is 9.59 Å². The lowest BCUT2D eigenvalue weighted by Gasteiger charge is -2.38. The minimum atomic E-state index is -0.232. The monoisotopic (exact) mass is 470 g/mol. The van der Waals surface area contributed by atoms with E-state index in [-0.39, 0.29) is 24.5 Å². The fraction of sp³-hybridized carbons (Fsp3) is 0.310. The molecule has 0 bridgehead atoms. The van der Waals surface area contributed by atoms with Crippen LogP contribution in [0.1, 0.15) is 38.7 Å². The van der Waals surface area contributed by atoms with Crippen molar-refractivity contribution < 1.29 is 19.1 Å². The minimum Gasteiger partial charge on any atom is -0.484 e. The van der Waals surface area contributed by atoms with Crippen LogP contribution in [0, 0.1) is 6.92 Å². The Hall–Kier alpha value is -3.64. The highest BCUT2D eigenvalue weighted by atomic mass is 16.5. The lowest BCUT2D eigenvalue weighted by molar-refractivity contribution is -0.137. The zero-order valence-electron chi connectivity index (χ0n) is 20.0. The van der Waals surface area contributed by atoms with Crippen molar-refractivity contribution in [2.45, 2.75) is 19.4 Å². The molecule has 3 aromatic carbocycles. The van der Waals surface area contributed by atoms with Crippen LogP contribution in [0.2, 0.25) is 0 Å². The Morgan fingerprint density at radius 2 is 1.74 bits per heavy atom. The van der Waals surface area contributed by atoms with Crippen LogP contribution in [0.4, 0.5) is 0 Å². The number of nitrogens with zero attached hydrogens (tertiary/aromatic N) is 2. The number of morpholine rings is 1. The lowest BCUT2D eigenvalue weighted by atomic mass is 9.87. The van der Waals surface area contributed by atoms with E-state index in [4.69, 9.17) is 9.47 Å². The van der Waals surface area contributed by atoms with E-state index in [1.807, 2.05) is 53.4 Å². The summed E-state index contributed by atoms with van der Waals surface area (Å²) in [6.07, 6.45) is 0.767. The quantitative estimate of drug-likeness (QED) is 0.565. The Bertz CT molecular complexity index is 1200. The van der Waals surface area contributed by atoms with Gasteiger partial charge in [-0.15, -0.1) is 0 Å². The first-order valence-electron chi connectivity index (χ1n) is 12.1. The van der Waals surface area contributed by atoms with Gasteiger partial charge in [-0.25, -0.2) is 0 Å². The Morgan fingerprint density at radius 3 is 2.51 bits per heavy atom. The van der Waals surface area contributed by atoms with Crippen molar-refractivity contribution in [1.29, 1.82) is 0 Å². The van der Waals surface area contributed by atoms with Crippen LogP contribution >= 0.6 is 0 Å². The summed E-state index contributed by atoms with van der Waals surface area (Å²) in [7, 11) is 0. The van der Waals surface area contributed by atoms with Crippen LogP contribution < -0.4 is 4.74 Å². The predicted octanol–water partition coefficient (Wildman–Crippen LogP) is 4.02. The summed E-state index contributed by atoms with van der Waals surface area (Å²) in [6.45, 7) is 5.00. The molecule has 0 spiro atoms. The summed E-state index contributed by atoms with van der Waals surface area (Å²) < 4.78 is 11.3. The van der Waals surface area contributed by atoms with Gasteiger partial charge >= 0.3 is 0 Å². The minimum absolute atomic E-state index is 0.0107. The second-order valence-corrected chi connectivity index (χ2v) is 9.07. The van der Waals surface area contributed by atoms with Crippen LogP contribution in [0.25, 0.3) is 0 Å². The van der Waals surface area contributed by atoms with Gasteiger partial charge in [-0.2, -0.15) is 0 Å². The number of aryl methyl sites for hydroxylation is 1. The third-order valence-corrected chi connectivity index (χ3v) is 6.71. The molecule has 5 rings (SSSR count). The second-order valence-electron chi connectivity index (χ2n) is 9.07. The van der Waals surface area contributed by atoms with Gasteiger partial charge in [-0.05, 0) is 54.3 Å². The first-order chi connectivity index (χ1) is 17.1. The van der Waals surface area contributed by atoms with Crippen molar-refractivity contribution in [2.75, 3.05) is 39.5 Å². The molecule has 0 N–H and O–H groups in total. The summed E-state index contributed by atoms with van der Waals surface area (Å²) in [5, 5.41) is 0. The smallest absolute Gasteiger partial charge is 0.260 e. The maximum Gasteiger partial charge on any atom is 0.260 e. The average molecular weight is 471 g/mol. The number of carbonyl (C=O) groups is 2. The van der Waals surface area contributed by atoms with Crippen molar-refractivity contribution in [3.05, 3.63) is 101 Å². The number of amides is 2. The lowest BCUT2D eigenvalue weighted by Crippen LogP contribution is -2.43. The zero-order valence-corrected chi connectivity index (χ0v) is 20.0. The molecule has 0 saturated carbocycles. The molecule has 35 heavy (non-hydrogen) atoms. The molecule has 0 radical (unpaired) electrons. The van der Waals surface area contributed by atoms with Gasteiger partial charge in [0.15, 0.2) is 6.61 Å². The van der Waals surface area contributed by atoms with Crippen LogP contribution in [-0.2, 0) is 16.0 Å². The molecule has 0 aliphatic carbocycles. The number of carbonyl (C=O) groups excluding carboxylic acids is 2. The molecule has 0 unspecified atom stereocenters. The Kier molecular flexibility index (Phi) is 6.82. The molecule has 2 amide bonds. The summed E-state index contributed by atoms with van der Waals surface area (Å²) in [5.74, 6) is 0.607. The van der Waals surface area contributed by atoms with E-state index in [0.717, 1.165) is 23.1 Å². The molecular formula is C29H30N2O4. The van der Waals surface area contributed by atoms with E-state index in [2.05, 4.69) is 31.2 Å². The highest BCUT2D eigenvalue weighted by Gasteiger charge is 2.33. The fourth-order valence-corrected chi connectivity index (χ4v) is 4.90. The predicted molar refractivity (Wildman–Crippen MR) is 134 cm³/mol. The molecule has 1 saturated heterocycles. The van der Waals surface area contributed by atoms with Crippen LogP contribution in [-0.4, -0.2) is 61.1 Å². The van der Waals surface area contributed by atoms with Crippen molar-refractivity contribution in [3.8, 4) is 5.75 Å². The van der Waals surface area contributed by atoms with Gasteiger partial charge in [0.1, 0.15) is 5.75 Å². The highest BCUT2D eigenvalue weighted by molar-refractivity contribution is 5.95. The first kappa shape index (κ1) is 23.1. The molecule has 2 aliphatic rings. The van der Waals surface area contributed by atoms with E-state index in [1.165, 1.54) is 5.56 Å². The molecule has 3 aromatic rings. The maximum atomic E-state index is 13.6. The standard InChI is InChI=1S/C29H30N2O4/c1-21-6-5-9-24(18-21)28-26-19-25(35-20-27(32)30-14-16-34-17-15-30)11-10-22(26)12-13-31(28)29(33)23-7-3-2-4-8-23/h2-11,18-19,28H,12-17,20H2,1H3/t28-/m0/s1. The Morgan fingerprint density at radius 1 is 0.943 bits per heavy atom. The van der Waals surface area contributed by atoms with Crippen molar-refractivity contribution in [2.24, 2.45) is 0 Å². The molecule has 1 atom stereocenters. The molecule has 6 heteroatoms. The van der Waals surface area contributed by atoms with Crippen molar-refractivity contribution >= 4 is 11.8 Å². The van der Waals surface area contributed by atoms with Crippen molar-refractivity contribution in [1.82, 2.24) is 9.80 Å². The topological polar surface area (TPSA) is 59.1 Å². The highest BCUT2D eigenvalue weighted by Crippen LogP contribution is 2.38. The van der Waals surface area contributed by atoms with Gasteiger partial charge in [0.2, 0.25) is 0 Å². The van der Waals surface area contributed by atoms with Gasteiger partial charge in [0.05, 0.1) is 19.3 Å². The third-order valence-electron chi connectivity index (χ3n) is 6.71. The number of ether oxygens (including phenoxy) is 2. The number of benzene rings is 3. The van der Waals surface area contributed by atoms with E-state index in [1.54, 1.807) is 4.90 Å². The largest absolute Gasteiger partial charge is 0.484 e. The van der Waals surface area contributed by atoms with E-state index < -0.39 is 0 Å². The molecule has 2 aliphatic heterocycles. The molecule has 1 fully saturated rings. The maximum absolute atomic E-state index is 13.6. The van der Waals surface area contributed by atoms with Crippen LogP contribution in [0.5, 0.6) is 5.75 Å². The molecule has 6 nitrogen and oxygen atoms in total. The number of rotatable bonds is 5. The summed E-state index contributed by atoms with van der Waals surface area (Å²) in [4.78, 5) is 29.9. The van der Waals surface area contributed by atoms with E-state index in [0.29, 0.717) is 44.2 Å². The van der Waals surface area contributed by atoms with E-state index >= 15 is 0 Å². The number of fused-ring (bicyclic) bond motifs is 1. The Labute approximate surface area is 206 Å². The fourth-order valence-electron chi connectivity index (χ4n) is 4.90. The SMILES string of the molecule is Cc1cccc([C@H]2c3cc(OCC(=O)N4CCOCC4)ccc3CCN2C(=O)c2ccccc2)c1. The zero-order chi connectivity index (χ0) is 24.2. The summed E-state index contributed by atoms with van der Waals surface area (Å²) >= 11 is 0. The Balaban J connectivity index is 1.45. The molecular weight excluding hydrogens is 440 g/mol. The van der Waals surface area contributed by atoms with Crippen LogP contribution in [0.3, 0.4) is 0 Å². The second kappa shape index (κ2) is 10.3. The van der Waals surface area contributed by atoms with Crippen LogP contribution in [0.15, 0.2) is 72.8 Å². The first-order valence-corrected chi connectivity index (χ1v) is 12.1. The van der Waals surface area contributed by atoms with Gasteiger partial charge < -0.3 is 19.3 Å². The van der Waals surface area contributed by atoms with Gasteiger partial charge in [-0.1, -0.05) is 54.1 Å². The summed E-state index contributed by atoms with van der Waals surface area (Å²) in [5.41, 5.74) is 5.13. The molecule has 0 aromatic heterocycles. The molecule has 180 valence electrons. The number of hydrogen-bond donors (Lipinski definition) is 0. The van der Waals surface area contributed by atoms with Crippen molar-refractivity contribution in [3.63, 3.8) is 0 Å². The average Bonchev–Trinajstić information content (AvgIpc) is 2.91. The number of hydrogen-bond acceptors (Lipinski definition) is 4. The van der Waals surface area contributed by atoms with Gasteiger partial charge in [0.25, 0.3) is 11.8 Å². The third kappa shape index (κ3) is 5.08. The normalized spacial score (nSPS) is 17.6. The van der Waals surface area contributed by atoms with Gasteiger partial charge in [0, 0.05) is 25.2 Å². The van der Waals surface area contributed by atoms with Gasteiger partial charge in [-0.3, -0.25) is 9.59 Å². The molecule has 2 heterocycles.